The molecule has 0 saturated heterocycles. The summed E-state index contributed by atoms with van der Waals surface area (Å²) in [5.41, 5.74) is 9.50. The molecule has 5 heteroatoms. The molecule has 0 fully saturated rings. The topological polar surface area (TPSA) is 62.7 Å². The molecule has 0 bridgehead atoms. The van der Waals surface area contributed by atoms with Crippen LogP contribution in [0.1, 0.15) is 66.2 Å². The zero-order valence-electron chi connectivity index (χ0n) is 14.3. The van der Waals surface area contributed by atoms with Crippen LogP contribution in [0.25, 0.3) is 5.53 Å². The molecule has 122 valence electrons. The molecule has 0 atom stereocenters. The fraction of sp³-hybridized carbons (Fsp3) is 0.875. The molecule has 0 aliphatic heterocycles. The first-order chi connectivity index (χ1) is 10.1. The molecular weight excluding hydrogens is 371 g/mol. The van der Waals surface area contributed by atoms with Gasteiger partial charge in [0.25, 0.3) is 0 Å². The van der Waals surface area contributed by atoms with Crippen molar-refractivity contribution in [2.45, 2.75) is 79.5 Å². The van der Waals surface area contributed by atoms with Crippen molar-refractivity contribution in [3.63, 3.8) is 0 Å². The van der Waals surface area contributed by atoms with E-state index in [2.05, 4.69) is 25.6 Å². The SMILES string of the molecule is CCC[CH2][Sn]([CH2]CCC)([CH2]CCC)[C](=[N+]=[N-])C(=O)OCC. The van der Waals surface area contributed by atoms with Crippen molar-refractivity contribution in [2.75, 3.05) is 6.61 Å². The second-order valence-electron chi connectivity index (χ2n) is 5.76. The Balaban J connectivity index is 5.43. The van der Waals surface area contributed by atoms with E-state index in [9.17, 15) is 10.3 Å². The summed E-state index contributed by atoms with van der Waals surface area (Å²) in [7, 11) is 0. The summed E-state index contributed by atoms with van der Waals surface area (Å²) >= 11 is -2.95. The van der Waals surface area contributed by atoms with Crippen LogP contribution < -0.4 is 0 Å². The van der Waals surface area contributed by atoms with Gasteiger partial charge in [0.2, 0.25) is 0 Å². The first kappa shape index (κ1) is 20.6. The number of unbranched alkanes of at least 4 members (excludes halogenated alkanes) is 3. The fourth-order valence-electron chi connectivity index (χ4n) is 2.84. The van der Waals surface area contributed by atoms with Gasteiger partial charge in [-0.05, 0) is 0 Å². The average Bonchev–Trinajstić information content (AvgIpc) is 2.49. The Bertz CT molecular complexity index is 330. The summed E-state index contributed by atoms with van der Waals surface area (Å²) in [5, 5.41) is 0. The molecule has 0 aliphatic rings. The van der Waals surface area contributed by atoms with Crippen LogP contribution >= 0.6 is 0 Å². The van der Waals surface area contributed by atoms with Crippen LogP contribution in [0.4, 0.5) is 0 Å². The van der Waals surface area contributed by atoms with Gasteiger partial charge in [0.15, 0.2) is 0 Å². The van der Waals surface area contributed by atoms with Crippen LogP contribution in [0, 0.1) is 0 Å². The summed E-state index contributed by atoms with van der Waals surface area (Å²) < 4.78 is 8.91. The molecule has 0 saturated carbocycles. The molecule has 0 rings (SSSR count). The first-order valence-electron chi connectivity index (χ1n) is 8.51. The quantitative estimate of drug-likeness (QED) is 0.157. The fourth-order valence-corrected chi connectivity index (χ4v) is 17.9. The number of carbonyl (C=O) groups excluding carboxylic acids is 1. The van der Waals surface area contributed by atoms with Gasteiger partial charge in [-0.25, -0.2) is 0 Å². The molecule has 0 aromatic carbocycles. The number of hydrogen-bond donors (Lipinski definition) is 0. The second-order valence-corrected chi connectivity index (χ2v) is 18.7. The van der Waals surface area contributed by atoms with E-state index < -0.39 is 18.4 Å². The van der Waals surface area contributed by atoms with Crippen LogP contribution in [-0.4, -0.2) is 39.5 Å². The molecule has 0 spiro atoms. The van der Waals surface area contributed by atoms with E-state index in [1.54, 1.807) is 6.92 Å². The van der Waals surface area contributed by atoms with Crippen molar-refractivity contribution in [3.05, 3.63) is 5.53 Å². The van der Waals surface area contributed by atoms with Gasteiger partial charge in [-0.2, -0.15) is 0 Å². The van der Waals surface area contributed by atoms with E-state index in [1.807, 2.05) is 0 Å². The van der Waals surface area contributed by atoms with Gasteiger partial charge in [0, 0.05) is 0 Å². The molecule has 0 heterocycles. The van der Waals surface area contributed by atoms with Crippen molar-refractivity contribution in [1.82, 2.24) is 0 Å². The van der Waals surface area contributed by atoms with Crippen LogP contribution in [-0.2, 0) is 9.53 Å². The van der Waals surface area contributed by atoms with Gasteiger partial charge >= 0.3 is 134 Å². The Hall–Kier alpha value is -0.351. The number of carbonyl (C=O) groups is 1. The zero-order valence-corrected chi connectivity index (χ0v) is 17.1. The standard InChI is InChI=1S/C4H5N2O2.3C4H9.Sn/c1-2-8-4(7)3-6-5;3*1-3-4-2;/h2H2,1H3;3*1,3-4H2,2H3;. The van der Waals surface area contributed by atoms with Gasteiger partial charge < -0.3 is 0 Å². The van der Waals surface area contributed by atoms with Crippen LogP contribution in [0.15, 0.2) is 0 Å². The van der Waals surface area contributed by atoms with E-state index in [0.29, 0.717) is 10.3 Å². The van der Waals surface area contributed by atoms with Crippen molar-refractivity contribution >= 4 is 28.1 Å². The monoisotopic (exact) mass is 404 g/mol. The molecule has 0 aromatic heterocycles. The number of rotatable bonds is 12. The number of hydrogen-bond acceptors (Lipinski definition) is 2. The van der Waals surface area contributed by atoms with E-state index in [4.69, 9.17) is 4.74 Å². The summed E-state index contributed by atoms with van der Waals surface area (Å²) in [6.07, 6.45) is 6.75. The first-order valence-corrected chi connectivity index (χ1v) is 16.0. The van der Waals surface area contributed by atoms with E-state index in [-0.39, 0.29) is 5.97 Å². The Kier molecular flexibility index (Phi) is 12.0. The van der Waals surface area contributed by atoms with Gasteiger partial charge in [-0.1, -0.05) is 0 Å². The molecule has 0 aromatic rings. The average molecular weight is 403 g/mol. The van der Waals surface area contributed by atoms with Crippen LogP contribution in [0.2, 0.25) is 13.3 Å². The minimum atomic E-state index is -2.95. The summed E-state index contributed by atoms with van der Waals surface area (Å²) in [6.45, 7) is 8.67. The Morgan fingerprint density at radius 2 is 1.38 bits per heavy atom. The molecule has 0 N–H and O–H groups in total. The summed E-state index contributed by atoms with van der Waals surface area (Å²) in [4.78, 5) is 15.7. The van der Waals surface area contributed by atoms with Crippen molar-refractivity contribution in [1.29, 1.82) is 0 Å². The molecule has 0 aliphatic carbocycles. The third-order valence-electron chi connectivity index (χ3n) is 4.10. The molecule has 4 nitrogen and oxygen atoms in total. The normalized spacial score (nSPS) is 11.0. The predicted molar refractivity (Wildman–Crippen MR) is 90.2 cm³/mol. The van der Waals surface area contributed by atoms with Crippen molar-refractivity contribution in [2.24, 2.45) is 0 Å². The molecule has 0 unspecified atom stereocenters. The predicted octanol–water partition coefficient (Wildman–Crippen LogP) is 4.61. The third-order valence-corrected chi connectivity index (χ3v) is 19.1. The maximum absolute atomic E-state index is 12.2. The second kappa shape index (κ2) is 12.2. The van der Waals surface area contributed by atoms with E-state index in [0.717, 1.165) is 51.8 Å². The molecule has 0 radical (unpaired) electrons. The zero-order chi connectivity index (χ0) is 16.1. The maximum atomic E-state index is 12.2. The van der Waals surface area contributed by atoms with Gasteiger partial charge in [0.05, 0.1) is 0 Å². The number of nitrogens with zero attached hydrogens (tertiary/aromatic N) is 2. The Morgan fingerprint density at radius 3 is 1.67 bits per heavy atom. The molecule has 21 heavy (non-hydrogen) atoms. The molecular formula is C16H32N2O2Sn. The van der Waals surface area contributed by atoms with Gasteiger partial charge in [-0.15, -0.1) is 0 Å². The number of ether oxygens (including phenoxy) is 1. The van der Waals surface area contributed by atoms with E-state index in [1.165, 1.54) is 0 Å². The third kappa shape index (κ3) is 6.96. The molecule has 0 amide bonds. The van der Waals surface area contributed by atoms with Crippen molar-refractivity contribution in [3.8, 4) is 0 Å². The van der Waals surface area contributed by atoms with E-state index >= 15 is 0 Å². The van der Waals surface area contributed by atoms with Crippen molar-refractivity contribution < 1.29 is 14.3 Å². The Morgan fingerprint density at radius 1 is 0.952 bits per heavy atom. The van der Waals surface area contributed by atoms with Gasteiger partial charge in [0.1, 0.15) is 0 Å². The van der Waals surface area contributed by atoms with Crippen LogP contribution in [0.3, 0.4) is 0 Å². The summed E-state index contributed by atoms with van der Waals surface area (Å²) in [5.74, 6) is -0.362. The minimum absolute atomic E-state index is 0.342. The van der Waals surface area contributed by atoms with Crippen LogP contribution in [0.5, 0.6) is 0 Å². The summed E-state index contributed by atoms with van der Waals surface area (Å²) in [6, 6.07) is 0. The van der Waals surface area contributed by atoms with Gasteiger partial charge in [-0.3, -0.25) is 0 Å². The number of esters is 1. The Labute approximate surface area is 134 Å².